The van der Waals surface area contributed by atoms with Crippen LogP contribution in [0, 0.1) is 5.82 Å². The maximum atomic E-state index is 12.7. The zero-order valence-electron chi connectivity index (χ0n) is 10.2. The third kappa shape index (κ3) is 4.46. The molecule has 0 fully saturated rings. The smallest absolute Gasteiger partial charge is 0.154 e. The molecule has 102 valence electrons. The summed E-state index contributed by atoms with van der Waals surface area (Å²) in [5, 5.41) is 0. The number of aromatic amines is 1. The van der Waals surface area contributed by atoms with E-state index in [4.69, 9.17) is 5.73 Å². The van der Waals surface area contributed by atoms with E-state index in [-0.39, 0.29) is 30.4 Å². The Kier molecular flexibility index (Phi) is 5.66. The van der Waals surface area contributed by atoms with Gasteiger partial charge in [0.1, 0.15) is 5.82 Å². The summed E-state index contributed by atoms with van der Waals surface area (Å²) in [7, 11) is 0. The minimum atomic E-state index is -0.574. The van der Waals surface area contributed by atoms with Gasteiger partial charge in [-0.3, -0.25) is 4.79 Å². The van der Waals surface area contributed by atoms with Crippen LogP contribution in [0.25, 0.3) is 0 Å². The Labute approximate surface area is 116 Å². The van der Waals surface area contributed by atoms with Gasteiger partial charge >= 0.3 is 0 Å². The predicted octanol–water partition coefficient (Wildman–Crippen LogP) is 1.65. The molecule has 0 bridgehead atoms. The molecule has 0 aliphatic carbocycles. The van der Waals surface area contributed by atoms with Gasteiger partial charge in [-0.25, -0.2) is 9.37 Å². The number of nitrogens with zero attached hydrogens (tertiary/aromatic N) is 1. The molecule has 6 heteroatoms. The molecule has 3 N–H and O–H groups in total. The lowest BCUT2D eigenvalue weighted by Gasteiger charge is -2.09. The number of rotatable bonds is 5. The van der Waals surface area contributed by atoms with Gasteiger partial charge in [-0.15, -0.1) is 12.4 Å². The zero-order valence-corrected chi connectivity index (χ0v) is 11.0. The third-order valence-corrected chi connectivity index (χ3v) is 2.70. The van der Waals surface area contributed by atoms with Crippen molar-refractivity contribution in [3.63, 3.8) is 0 Å². The van der Waals surface area contributed by atoms with Gasteiger partial charge in [0, 0.05) is 24.7 Å². The highest BCUT2D eigenvalue weighted by Crippen LogP contribution is 2.06. The van der Waals surface area contributed by atoms with Crippen LogP contribution in [0.4, 0.5) is 4.39 Å². The first-order valence-electron chi connectivity index (χ1n) is 5.65. The molecule has 1 heterocycles. The maximum absolute atomic E-state index is 12.7. The normalized spacial score (nSPS) is 11.7. The summed E-state index contributed by atoms with van der Waals surface area (Å²) < 4.78 is 12.7. The summed E-state index contributed by atoms with van der Waals surface area (Å²) in [5.74, 6) is -0.385. The lowest BCUT2D eigenvalue weighted by molar-refractivity contribution is -0.119. The molecular formula is C13H15ClFN3O. The molecule has 0 radical (unpaired) electrons. The largest absolute Gasteiger partial charge is 0.348 e. The molecular weight excluding hydrogens is 269 g/mol. The van der Waals surface area contributed by atoms with Crippen LogP contribution < -0.4 is 5.73 Å². The average Bonchev–Trinajstić information content (AvgIpc) is 2.85. The molecule has 0 aliphatic heterocycles. The van der Waals surface area contributed by atoms with Crippen molar-refractivity contribution in [3.05, 3.63) is 53.9 Å². The average molecular weight is 284 g/mol. The number of carbonyl (C=O) groups excluding carboxylic acids is 1. The first kappa shape index (κ1) is 15.3. The standard InChI is InChI=1S/C13H14FN3O.ClH/c14-10-3-1-9(2-4-10)5-13(18)12(15)6-11-7-16-8-17-11;/h1-4,7-8,12H,5-6,15H2,(H,16,17);1H/t12-;/m0./s1. The van der Waals surface area contributed by atoms with E-state index in [1.54, 1.807) is 24.7 Å². The minimum absolute atomic E-state index is 0. The molecule has 1 aromatic heterocycles. The van der Waals surface area contributed by atoms with E-state index in [0.29, 0.717) is 6.42 Å². The van der Waals surface area contributed by atoms with Crippen LogP contribution in [0.1, 0.15) is 11.3 Å². The number of hydrogen-bond acceptors (Lipinski definition) is 3. The number of aromatic nitrogens is 2. The number of H-pyrrole nitrogens is 1. The van der Waals surface area contributed by atoms with Crippen LogP contribution in [0.5, 0.6) is 0 Å². The summed E-state index contributed by atoms with van der Waals surface area (Å²) in [6.07, 6.45) is 3.84. The van der Waals surface area contributed by atoms with Crippen molar-refractivity contribution in [1.82, 2.24) is 9.97 Å². The second-order valence-electron chi connectivity index (χ2n) is 4.16. The highest BCUT2D eigenvalue weighted by Gasteiger charge is 2.15. The lowest BCUT2D eigenvalue weighted by Crippen LogP contribution is -2.34. The summed E-state index contributed by atoms with van der Waals surface area (Å²) in [4.78, 5) is 18.6. The number of Topliss-reactive ketones (excluding diaryl/α,β-unsaturated/α-hetero) is 1. The Morgan fingerprint density at radius 3 is 2.63 bits per heavy atom. The predicted molar refractivity (Wildman–Crippen MR) is 72.6 cm³/mol. The number of ketones is 1. The Balaban J connectivity index is 0.00000180. The van der Waals surface area contributed by atoms with Gasteiger partial charge in [-0.1, -0.05) is 12.1 Å². The Bertz CT molecular complexity index is 513. The highest BCUT2D eigenvalue weighted by molar-refractivity contribution is 5.86. The van der Waals surface area contributed by atoms with Crippen LogP contribution in [0.2, 0.25) is 0 Å². The molecule has 2 rings (SSSR count). The molecule has 0 unspecified atom stereocenters. The van der Waals surface area contributed by atoms with Crippen molar-refractivity contribution in [2.45, 2.75) is 18.9 Å². The van der Waals surface area contributed by atoms with Crippen molar-refractivity contribution in [2.75, 3.05) is 0 Å². The monoisotopic (exact) mass is 283 g/mol. The second kappa shape index (κ2) is 7.01. The second-order valence-corrected chi connectivity index (χ2v) is 4.16. The summed E-state index contributed by atoms with van der Waals surface area (Å²) in [5.41, 5.74) is 7.41. The van der Waals surface area contributed by atoms with Crippen LogP contribution in [-0.4, -0.2) is 21.8 Å². The van der Waals surface area contributed by atoms with Gasteiger partial charge < -0.3 is 10.7 Å². The molecule has 19 heavy (non-hydrogen) atoms. The number of halogens is 2. The number of benzene rings is 1. The van der Waals surface area contributed by atoms with Crippen molar-refractivity contribution >= 4 is 18.2 Å². The lowest BCUT2D eigenvalue weighted by atomic mass is 10.0. The SMILES string of the molecule is Cl.N[C@@H](Cc1cnc[nH]1)C(=O)Cc1ccc(F)cc1. The Morgan fingerprint density at radius 1 is 1.37 bits per heavy atom. The molecule has 0 amide bonds. The van der Waals surface area contributed by atoms with Gasteiger partial charge in [0.15, 0.2) is 5.78 Å². The van der Waals surface area contributed by atoms with Crippen LogP contribution >= 0.6 is 12.4 Å². The molecule has 0 spiro atoms. The molecule has 2 aromatic rings. The van der Waals surface area contributed by atoms with Crippen LogP contribution in [-0.2, 0) is 17.6 Å². The zero-order chi connectivity index (χ0) is 13.0. The van der Waals surface area contributed by atoms with E-state index >= 15 is 0 Å². The van der Waals surface area contributed by atoms with Crippen molar-refractivity contribution in [1.29, 1.82) is 0 Å². The van der Waals surface area contributed by atoms with Crippen molar-refractivity contribution in [2.24, 2.45) is 5.73 Å². The number of nitrogens with two attached hydrogens (primary N) is 1. The van der Waals surface area contributed by atoms with Gasteiger partial charge in [0.25, 0.3) is 0 Å². The topological polar surface area (TPSA) is 71.8 Å². The fraction of sp³-hybridized carbons (Fsp3) is 0.231. The number of carbonyl (C=O) groups is 1. The molecule has 0 aliphatic rings. The molecule has 0 saturated heterocycles. The van der Waals surface area contributed by atoms with E-state index in [9.17, 15) is 9.18 Å². The Morgan fingerprint density at radius 2 is 2.05 bits per heavy atom. The molecule has 0 saturated carbocycles. The molecule has 4 nitrogen and oxygen atoms in total. The number of hydrogen-bond donors (Lipinski definition) is 2. The fourth-order valence-corrected chi connectivity index (χ4v) is 1.68. The number of imidazole rings is 1. The van der Waals surface area contributed by atoms with Crippen molar-refractivity contribution in [3.8, 4) is 0 Å². The van der Waals surface area contributed by atoms with E-state index in [1.807, 2.05) is 0 Å². The Hall–Kier alpha value is -1.72. The van der Waals surface area contributed by atoms with Crippen LogP contribution in [0.15, 0.2) is 36.8 Å². The van der Waals surface area contributed by atoms with Gasteiger partial charge in [-0.05, 0) is 17.7 Å². The molecule has 1 atom stereocenters. The van der Waals surface area contributed by atoms with Gasteiger partial charge in [0.2, 0.25) is 0 Å². The minimum Gasteiger partial charge on any atom is -0.348 e. The molecule has 1 aromatic carbocycles. The van der Waals surface area contributed by atoms with E-state index < -0.39 is 6.04 Å². The van der Waals surface area contributed by atoms with Crippen LogP contribution in [0.3, 0.4) is 0 Å². The third-order valence-electron chi connectivity index (χ3n) is 2.70. The highest BCUT2D eigenvalue weighted by atomic mass is 35.5. The first-order chi connectivity index (χ1) is 8.65. The maximum Gasteiger partial charge on any atom is 0.154 e. The van der Waals surface area contributed by atoms with Crippen molar-refractivity contribution < 1.29 is 9.18 Å². The summed E-state index contributed by atoms with van der Waals surface area (Å²) in [6.45, 7) is 0. The van der Waals surface area contributed by atoms with E-state index in [0.717, 1.165) is 11.3 Å². The first-order valence-corrected chi connectivity index (χ1v) is 5.65. The van der Waals surface area contributed by atoms with E-state index in [1.165, 1.54) is 12.1 Å². The van der Waals surface area contributed by atoms with Gasteiger partial charge in [-0.2, -0.15) is 0 Å². The fourth-order valence-electron chi connectivity index (χ4n) is 1.68. The van der Waals surface area contributed by atoms with Gasteiger partial charge in [0.05, 0.1) is 12.4 Å². The van der Waals surface area contributed by atoms with E-state index in [2.05, 4.69) is 9.97 Å². The summed E-state index contributed by atoms with van der Waals surface area (Å²) in [6, 6.07) is 5.29. The number of nitrogens with one attached hydrogen (secondary N) is 1. The quantitative estimate of drug-likeness (QED) is 0.876. The summed E-state index contributed by atoms with van der Waals surface area (Å²) >= 11 is 0.